The van der Waals surface area contributed by atoms with Crippen molar-refractivity contribution >= 4 is 17.8 Å². The molecule has 3 heteroatoms. The molecular weight excluding hydrogens is 221 g/mol. The van der Waals surface area contributed by atoms with Crippen LogP contribution in [0.3, 0.4) is 0 Å². The van der Waals surface area contributed by atoms with Crippen molar-refractivity contribution in [1.29, 1.82) is 0 Å². The fraction of sp³-hybridized carbons (Fsp3) is 0.538. The summed E-state index contributed by atoms with van der Waals surface area (Å²) < 4.78 is 12.8. The average molecular weight is 239 g/mol. The third kappa shape index (κ3) is 2.51. The maximum absolute atomic E-state index is 12.8. The Morgan fingerprint density at radius 2 is 2.00 bits per heavy atom. The molecule has 1 aliphatic heterocycles. The molecule has 2 rings (SSSR count). The van der Waals surface area contributed by atoms with E-state index < -0.39 is 0 Å². The fourth-order valence-electron chi connectivity index (χ4n) is 2.26. The minimum absolute atomic E-state index is 0.371. The van der Waals surface area contributed by atoms with E-state index >= 15 is 0 Å². The first-order chi connectivity index (χ1) is 7.85. The lowest BCUT2D eigenvalue weighted by molar-refractivity contribution is 0.577. The summed E-state index contributed by atoms with van der Waals surface area (Å²) in [6.07, 6.45) is 4.74. The topological polar surface area (TPSA) is 3.24 Å². The van der Waals surface area contributed by atoms with Crippen molar-refractivity contribution < 1.29 is 3.89 Å². The van der Waals surface area contributed by atoms with Gasteiger partial charge in [0.15, 0.2) is 0 Å². The molecule has 0 unspecified atom stereocenters. The number of piperidine rings is 1. The molecule has 0 aromatic heterocycles. The second-order valence-corrected chi connectivity index (χ2v) is 4.86. The molecule has 16 heavy (non-hydrogen) atoms. The molecule has 88 valence electrons. The molecule has 0 saturated carbocycles. The Morgan fingerprint density at radius 3 is 2.62 bits per heavy atom. The number of aryl methyl sites for hydroxylation is 1. The molecule has 0 amide bonds. The highest BCUT2D eigenvalue weighted by Crippen LogP contribution is 2.30. The highest BCUT2D eigenvalue weighted by molar-refractivity contribution is 7.94. The summed E-state index contributed by atoms with van der Waals surface area (Å²) in [5.41, 5.74) is 2.28. The summed E-state index contributed by atoms with van der Waals surface area (Å²) in [5.74, 6) is 0. The quantitative estimate of drug-likeness (QED) is 0.777. The lowest BCUT2D eigenvalue weighted by Crippen LogP contribution is -2.29. The van der Waals surface area contributed by atoms with Gasteiger partial charge in [-0.25, -0.2) is 0 Å². The molecule has 0 radical (unpaired) electrons. The maximum Gasteiger partial charge on any atom is 0.0815 e. The molecular formula is C13H18FNS. The monoisotopic (exact) mass is 239 g/mol. The van der Waals surface area contributed by atoms with Crippen LogP contribution < -0.4 is 4.90 Å². The van der Waals surface area contributed by atoms with Gasteiger partial charge in [-0.3, -0.25) is 0 Å². The van der Waals surface area contributed by atoms with Gasteiger partial charge in [-0.1, -0.05) is 13.0 Å². The summed E-state index contributed by atoms with van der Waals surface area (Å²) in [5, 5.41) is 0. The van der Waals surface area contributed by atoms with E-state index in [2.05, 4.69) is 24.0 Å². The lowest BCUT2D eigenvalue weighted by Gasteiger charge is -2.29. The minimum atomic E-state index is 0.371. The first kappa shape index (κ1) is 11.8. The van der Waals surface area contributed by atoms with Crippen molar-refractivity contribution in [1.82, 2.24) is 0 Å². The Balaban J connectivity index is 2.20. The molecule has 0 bridgehead atoms. The first-order valence-corrected chi connectivity index (χ1v) is 6.73. The van der Waals surface area contributed by atoms with E-state index in [0.29, 0.717) is 12.1 Å². The largest absolute Gasteiger partial charge is 0.372 e. The van der Waals surface area contributed by atoms with Crippen molar-refractivity contribution in [2.75, 3.05) is 18.0 Å². The van der Waals surface area contributed by atoms with Gasteiger partial charge in [-0.05, 0) is 43.4 Å². The van der Waals surface area contributed by atoms with Crippen molar-refractivity contribution in [3.63, 3.8) is 0 Å². The molecule has 1 nitrogen and oxygen atoms in total. The van der Waals surface area contributed by atoms with Gasteiger partial charge in [0.25, 0.3) is 0 Å². The SMILES string of the molecule is CCc1ccc(N2CCCCC2)cc1SF. The maximum atomic E-state index is 12.8. The van der Waals surface area contributed by atoms with E-state index in [-0.39, 0.29) is 0 Å². The Bertz CT molecular complexity index is 348. The molecule has 1 fully saturated rings. The molecule has 0 aliphatic carbocycles. The summed E-state index contributed by atoms with van der Waals surface area (Å²) in [6.45, 7) is 4.29. The number of nitrogens with zero attached hydrogens (tertiary/aromatic N) is 1. The van der Waals surface area contributed by atoms with E-state index in [9.17, 15) is 3.89 Å². The summed E-state index contributed by atoms with van der Waals surface area (Å²) in [4.78, 5) is 3.15. The lowest BCUT2D eigenvalue weighted by atomic mass is 10.1. The van der Waals surface area contributed by atoms with Crippen LogP contribution in [0.5, 0.6) is 0 Å². The minimum Gasteiger partial charge on any atom is -0.372 e. The van der Waals surface area contributed by atoms with Crippen molar-refractivity contribution in [3.05, 3.63) is 23.8 Å². The predicted molar refractivity (Wildman–Crippen MR) is 68.8 cm³/mol. The summed E-state index contributed by atoms with van der Waals surface area (Å²) in [6, 6.07) is 6.19. The van der Waals surface area contributed by atoms with Crippen LogP contribution in [0.4, 0.5) is 9.57 Å². The van der Waals surface area contributed by atoms with Gasteiger partial charge in [-0.2, -0.15) is 3.89 Å². The average Bonchev–Trinajstić information content (AvgIpc) is 2.39. The Hall–Kier alpha value is -0.700. The molecule has 1 aromatic carbocycles. The number of halogens is 1. The van der Waals surface area contributed by atoms with Crippen LogP contribution in [0.1, 0.15) is 31.7 Å². The second-order valence-electron chi connectivity index (χ2n) is 4.27. The zero-order chi connectivity index (χ0) is 11.4. The van der Waals surface area contributed by atoms with Gasteiger partial charge < -0.3 is 4.90 Å². The highest BCUT2D eigenvalue weighted by Gasteiger charge is 2.12. The summed E-state index contributed by atoms with van der Waals surface area (Å²) in [7, 11) is 0. The molecule has 0 atom stereocenters. The predicted octanol–water partition coefficient (Wildman–Crippen LogP) is 4.22. The van der Waals surface area contributed by atoms with Gasteiger partial charge in [0.2, 0.25) is 0 Å². The molecule has 1 aliphatic rings. The van der Waals surface area contributed by atoms with Crippen LogP contribution in [0.25, 0.3) is 0 Å². The third-order valence-electron chi connectivity index (χ3n) is 3.24. The Morgan fingerprint density at radius 1 is 1.25 bits per heavy atom. The smallest absolute Gasteiger partial charge is 0.0815 e. The number of anilines is 1. The van der Waals surface area contributed by atoms with Gasteiger partial charge in [0.1, 0.15) is 0 Å². The first-order valence-electron chi connectivity index (χ1n) is 6.01. The zero-order valence-electron chi connectivity index (χ0n) is 9.71. The van der Waals surface area contributed by atoms with Crippen molar-refractivity contribution in [3.8, 4) is 0 Å². The van der Waals surface area contributed by atoms with E-state index in [1.54, 1.807) is 0 Å². The Labute approximate surface area is 101 Å². The van der Waals surface area contributed by atoms with Crippen LogP contribution in [-0.2, 0) is 6.42 Å². The molecule has 1 saturated heterocycles. The third-order valence-corrected chi connectivity index (χ3v) is 3.78. The van der Waals surface area contributed by atoms with E-state index in [0.717, 1.165) is 30.0 Å². The van der Waals surface area contributed by atoms with Gasteiger partial charge in [-0.15, -0.1) is 0 Å². The summed E-state index contributed by atoms with van der Waals surface area (Å²) >= 11 is 0.371. The van der Waals surface area contributed by atoms with Gasteiger partial charge >= 0.3 is 0 Å². The number of hydrogen-bond acceptors (Lipinski definition) is 2. The van der Waals surface area contributed by atoms with Crippen LogP contribution in [0, 0.1) is 0 Å². The van der Waals surface area contributed by atoms with E-state index in [4.69, 9.17) is 0 Å². The molecule has 0 spiro atoms. The fourth-order valence-corrected chi connectivity index (χ4v) is 2.73. The number of rotatable bonds is 3. The van der Waals surface area contributed by atoms with E-state index in [1.165, 1.54) is 24.9 Å². The standard InChI is InChI=1S/C13H18FNS/c1-2-11-6-7-12(10-13(11)16-14)15-8-4-3-5-9-15/h6-7,10H,2-5,8-9H2,1H3. The van der Waals surface area contributed by atoms with E-state index in [1.807, 2.05) is 6.07 Å². The van der Waals surface area contributed by atoms with Gasteiger partial charge in [0.05, 0.1) is 12.1 Å². The van der Waals surface area contributed by atoms with Gasteiger partial charge in [0, 0.05) is 23.7 Å². The molecule has 1 aromatic rings. The normalized spacial score (nSPS) is 16.5. The van der Waals surface area contributed by atoms with Crippen molar-refractivity contribution in [2.45, 2.75) is 37.5 Å². The van der Waals surface area contributed by atoms with Crippen LogP contribution >= 0.6 is 12.1 Å². The van der Waals surface area contributed by atoms with Crippen LogP contribution in [-0.4, -0.2) is 13.1 Å². The van der Waals surface area contributed by atoms with Crippen LogP contribution in [0.15, 0.2) is 23.1 Å². The highest BCUT2D eigenvalue weighted by atomic mass is 32.2. The molecule has 1 heterocycles. The van der Waals surface area contributed by atoms with Crippen molar-refractivity contribution in [2.24, 2.45) is 0 Å². The number of hydrogen-bond donors (Lipinski definition) is 0. The molecule has 0 N–H and O–H groups in total. The second kappa shape index (κ2) is 5.58. The zero-order valence-corrected chi connectivity index (χ0v) is 10.5. The number of benzene rings is 1. The van der Waals surface area contributed by atoms with Crippen LogP contribution in [0.2, 0.25) is 0 Å². The Kier molecular flexibility index (Phi) is 4.10.